The highest BCUT2D eigenvalue weighted by molar-refractivity contribution is 7.71. The van der Waals surface area contributed by atoms with Crippen LogP contribution in [0.15, 0.2) is 4.79 Å². The first-order valence-electron chi connectivity index (χ1n) is 7.82. The fraction of sp³-hybridized carbons (Fsp3) is 0.750. The van der Waals surface area contributed by atoms with Crippen LogP contribution in [-0.4, -0.2) is 31.1 Å². The van der Waals surface area contributed by atoms with Crippen LogP contribution in [0.25, 0.3) is 0 Å². The van der Waals surface area contributed by atoms with Crippen LogP contribution in [0, 0.1) is 4.51 Å². The molecule has 0 aliphatic rings. The van der Waals surface area contributed by atoms with Crippen molar-refractivity contribution in [3.8, 4) is 0 Å². The van der Waals surface area contributed by atoms with Crippen molar-refractivity contribution < 1.29 is 0 Å². The Morgan fingerprint density at radius 2 is 1.90 bits per heavy atom. The summed E-state index contributed by atoms with van der Waals surface area (Å²) in [5, 5.41) is 3.35. The van der Waals surface area contributed by atoms with Crippen molar-refractivity contribution in [2.24, 2.45) is 0 Å². The first-order valence-corrected chi connectivity index (χ1v) is 8.23. The molecule has 0 aliphatic heterocycles. The number of rotatable bonds is 10. The largest absolute Gasteiger partial charge is 0.383 e. The van der Waals surface area contributed by atoms with Gasteiger partial charge in [0.1, 0.15) is 4.51 Å². The summed E-state index contributed by atoms with van der Waals surface area (Å²) in [6.07, 6.45) is 3.52. The van der Waals surface area contributed by atoms with Crippen LogP contribution in [0.5, 0.6) is 0 Å². The minimum Gasteiger partial charge on any atom is -0.383 e. The van der Waals surface area contributed by atoms with Gasteiger partial charge in [0.15, 0.2) is 0 Å². The van der Waals surface area contributed by atoms with Gasteiger partial charge in [0.2, 0.25) is 5.43 Å². The second-order valence-electron chi connectivity index (χ2n) is 5.67. The summed E-state index contributed by atoms with van der Waals surface area (Å²) in [5.41, 5.74) is 1.88. The lowest BCUT2D eigenvalue weighted by atomic mass is 9.96. The van der Waals surface area contributed by atoms with E-state index in [1.54, 1.807) is 0 Å². The first kappa shape index (κ1) is 17.3. The maximum Gasteiger partial charge on any atom is 0.204 e. The molecule has 1 N–H and O–H groups in total. The topological polar surface area (TPSA) is 32.3 Å². The number of hydrogen-bond donors (Lipinski definition) is 1. The molecule has 3 nitrogen and oxygen atoms in total. The Labute approximate surface area is 128 Å². The van der Waals surface area contributed by atoms with E-state index in [9.17, 15) is 4.79 Å². The third-order valence-corrected chi connectivity index (χ3v) is 4.10. The van der Waals surface area contributed by atoms with Crippen LogP contribution in [0.2, 0.25) is 0 Å². The zero-order chi connectivity index (χ0) is 15.1. The Kier molecular flexibility index (Phi) is 7.38. The summed E-state index contributed by atoms with van der Waals surface area (Å²) in [6.45, 7) is 12.9. The van der Waals surface area contributed by atoms with Gasteiger partial charge in [-0.1, -0.05) is 39.9 Å². The Hall–Kier alpha value is -0.740. The Bertz CT molecular complexity index is 475. The Morgan fingerprint density at radius 3 is 2.45 bits per heavy atom. The molecule has 0 saturated heterocycles. The fourth-order valence-corrected chi connectivity index (χ4v) is 2.85. The molecule has 0 aliphatic carbocycles. The van der Waals surface area contributed by atoms with Crippen molar-refractivity contribution in [1.82, 2.24) is 4.90 Å². The molecule has 0 radical (unpaired) electrons. The maximum atomic E-state index is 11.7. The SMILES string of the molecule is CCCN(CC)CCCCNc1c(C(C)C)c(=O)c1=S. The van der Waals surface area contributed by atoms with E-state index in [1.807, 2.05) is 13.8 Å². The van der Waals surface area contributed by atoms with E-state index in [2.05, 4.69) is 24.1 Å². The van der Waals surface area contributed by atoms with E-state index in [-0.39, 0.29) is 11.3 Å². The lowest BCUT2D eigenvalue weighted by Crippen LogP contribution is -2.26. The molecule has 0 saturated carbocycles. The van der Waals surface area contributed by atoms with Gasteiger partial charge in [-0.15, -0.1) is 0 Å². The lowest BCUT2D eigenvalue weighted by Gasteiger charge is -2.20. The summed E-state index contributed by atoms with van der Waals surface area (Å²) < 4.78 is 0.495. The minimum absolute atomic E-state index is 0.0672. The van der Waals surface area contributed by atoms with Gasteiger partial charge in [-0.05, 0) is 44.8 Å². The Morgan fingerprint density at radius 1 is 1.20 bits per heavy atom. The van der Waals surface area contributed by atoms with Gasteiger partial charge in [0.25, 0.3) is 0 Å². The minimum atomic E-state index is 0.0672. The van der Waals surface area contributed by atoms with Crippen molar-refractivity contribution in [1.29, 1.82) is 0 Å². The summed E-state index contributed by atoms with van der Waals surface area (Å²) in [7, 11) is 0. The zero-order valence-corrected chi connectivity index (χ0v) is 14.1. The molecular weight excluding hydrogens is 268 g/mol. The molecule has 0 atom stereocenters. The average molecular weight is 296 g/mol. The van der Waals surface area contributed by atoms with Gasteiger partial charge in [0, 0.05) is 12.1 Å². The average Bonchev–Trinajstić information content (AvgIpc) is 2.43. The van der Waals surface area contributed by atoms with Crippen LogP contribution in [0.1, 0.15) is 58.4 Å². The van der Waals surface area contributed by atoms with Gasteiger partial charge in [-0.3, -0.25) is 4.79 Å². The van der Waals surface area contributed by atoms with E-state index >= 15 is 0 Å². The van der Waals surface area contributed by atoms with Gasteiger partial charge in [-0.25, -0.2) is 0 Å². The van der Waals surface area contributed by atoms with Gasteiger partial charge in [0.05, 0.1) is 5.69 Å². The first-order chi connectivity index (χ1) is 9.52. The highest BCUT2D eigenvalue weighted by Gasteiger charge is 2.19. The van der Waals surface area contributed by atoms with E-state index in [0.717, 1.165) is 37.3 Å². The third kappa shape index (κ3) is 4.38. The molecule has 0 spiro atoms. The molecule has 1 aromatic carbocycles. The number of nitrogens with one attached hydrogen (secondary N) is 1. The van der Waals surface area contributed by atoms with Gasteiger partial charge >= 0.3 is 0 Å². The highest BCUT2D eigenvalue weighted by Crippen LogP contribution is 2.25. The molecule has 0 amide bonds. The molecule has 0 heterocycles. The van der Waals surface area contributed by atoms with Crippen LogP contribution < -0.4 is 10.7 Å². The van der Waals surface area contributed by atoms with Crippen molar-refractivity contribution in [3.63, 3.8) is 0 Å². The van der Waals surface area contributed by atoms with Crippen molar-refractivity contribution in [2.45, 2.75) is 52.9 Å². The fourth-order valence-electron chi connectivity index (χ4n) is 2.55. The molecule has 114 valence electrons. The van der Waals surface area contributed by atoms with Crippen molar-refractivity contribution >= 4 is 17.9 Å². The third-order valence-electron chi connectivity index (χ3n) is 3.71. The van der Waals surface area contributed by atoms with E-state index in [1.165, 1.54) is 19.4 Å². The normalized spacial score (nSPS) is 11.7. The molecular formula is C16H28N2OS. The predicted octanol–water partition coefficient (Wildman–Crippen LogP) is 3.70. The molecule has 1 rings (SSSR count). The monoisotopic (exact) mass is 296 g/mol. The predicted molar refractivity (Wildman–Crippen MR) is 90.1 cm³/mol. The van der Waals surface area contributed by atoms with E-state index < -0.39 is 0 Å². The molecule has 0 fully saturated rings. The quantitative estimate of drug-likeness (QED) is 0.527. The van der Waals surface area contributed by atoms with Gasteiger partial charge < -0.3 is 10.2 Å². The molecule has 4 heteroatoms. The lowest BCUT2D eigenvalue weighted by molar-refractivity contribution is 0.283. The number of unbranched alkanes of at least 4 members (excludes halogenated alkanes) is 1. The number of hydrogen-bond acceptors (Lipinski definition) is 4. The van der Waals surface area contributed by atoms with Crippen molar-refractivity contribution in [2.75, 3.05) is 31.5 Å². The molecule has 0 aromatic heterocycles. The molecule has 1 aromatic rings. The van der Waals surface area contributed by atoms with Crippen LogP contribution >= 0.6 is 12.2 Å². The van der Waals surface area contributed by atoms with Crippen LogP contribution in [0.4, 0.5) is 5.69 Å². The molecule has 20 heavy (non-hydrogen) atoms. The maximum absolute atomic E-state index is 11.7. The summed E-state index contributed by atoms with van der Waals surface area (Å²) in [5.74, 6) is 0.261. The standard InChI is InChI=1S/C16H28N2OS/c1-5-10-18(6-2)11-8-7-9-17-14-13(12(3)4)15(19)16(14)20/h12,17H,5-11H2,1-4H3. The highest BCUT2D eigenvalue weighted by atomic mass is 32.1. The Balaban J connectivity index is 2.30. The zero-order valence-electron chi connectivity index (χ0n) is 13.3. The van der Waals surface area contributed by atoms with Gasteiger partial charge in [-0.2, -0.15) is 0 Å². The second kappa shape index (κ2) is 8.53. The smallest absolute Gasteiger partial charge is 0.204 e. The number of anilines is 1. The van der Waals surface area contributed by atoms with Crippen LogP contribution in [0.3, 0.4) is 0 Å². The summed E-state index contributed by atoms with van der Waals surface area (Å²) in [6, 6.07) is 0. The van der Waals surface area contributed by atoms with Crippen molar-refractivity contribution in [3.05, 3.63) is 20.3 Å². The second-order valence-corrected chi connectivity index (χ2v) is 6.08. The van der Waals surface area contributed by atoms with Crippen LogP contribution in [-0.2, 0) is 0 Å². The summed E-state index contributed by atoms with van der Waals surface area (Å²) >= 11 is 5.12. The van der Waals surface area contributed by atoms with E-state index in [0.29, 0.717) is 4.51 Å². The summed E-state index contributed by atoms with van der Waals surface area (Å²) in [4.78, 5) is 14.1. The molecule has 0 unspecified atom stereocenters. The number of nitrogens with zero attached hydrogens (tertiary/aromatic N) is 1. The molecule has 0 bridgehead atoms. The van der Waals surface area contributed by atoms with E-state index in [4.69, 9.17) is 12.2 Å².